The molecule has 4 N–H and O–H groups in total. The molecule has 1 heterocycles. The summed E-state index contributed by atoms with van der Waals surface area (Å²) in [5.41, 5.74) is 11.4. The number of anilines is 1. The molecule has 0 radical (unpaired) electrons. The van der Waals surface area contributed by atoms with Gasteiger partial charge in [-0.15, -0.1) is 0 Å². The van der Waals surface area contributed by atoms with Gasteiger partial charge in [0.1, 0.15) is 0 Å². The third-order valence-electron chi connectivity index (χ3n) is 3.20. The lowest BCUT2D eigenvalue weighted by Gasteiger charge is -2.34. The first-order valence-electron chi connectivity index (χ1n) is 6.17. The smallest absolute Gasteiger partial charge is 0.270 e. The Hall–Kier alpha value is -2.19. The highest BCUT2D eigenvalue weighted by Crippen LogP contribution is 2.26. The molecule has 8 nitrogen and oxygen atoms in total. The van der Waals surface area contributed by atoms with E-state index >= 15 is 0 Å². The third-order valence-corrected chi connectivity index (χ3v) is 3.20. The van der Waals surface area contributed by atoms with Crippen LogP contribution in [0.5, 0.6) is 0 Å². The Kier molecular flexibility index (Phi) is 4.16. The third kappa shape index (κ3) is 2.86. The Labute approximate surface area is 115 Å². The van der Waals surface area contributed by atoms with E-state index in [1.54, 1.807) is 0 Å². The average Bonchev–Trinajstić information content (AvgIpc) is 2.46. The second-order valence-electron chi connectivity index (χ2n) is 4.50. The van der Waals surface area contributed by atoms with Gasteiger partial charge in [0, 0.05) is 31.8 Å². The number of nitrogens with two attached hydrogens (primary N) is 2. The van der Waals surface area contributed by atoms with Crippen molar-refractivity contribution in [3.8, 4) is 0 Å². The van der Waals surface area contributed by atoms with Gasteiger partial charge in [-0.05, 0) is 6.07 Å². The number of ether oxygens (including phenoxy) is 1. The Balaban J connectivity index is 2.35. The molecule has 1 amide bonds. The zero-order valence-electron chi connectivity index (χ0n) is 10.8. The number of nitrogens with zero attached hydrogens (tertiary/aromatic N) is 2. The van der Waals surface area contributed by atoms with Crippen molar-refractivity contribution in [2.24, 2.45) is 11.5 Å². The number of nitro benzene ring substituents is 1. The molecule has 0 saturated carbocycles. The Morgan fingerprint density at radius 1 is 1.55 bits per heavy atom. The molecule has 2 rings (SSSR count). The van der Waals surface area contributed by atoms with Crippen molar-refractivity contribution in [3.63, 3.8) is 0 Å². The van der Waals surface area contributed by atoms with E-state index in [0.717, 1.165) is 0 Å². The summed E-state index contributed by atoms with van der Waals surface area (Å²) in [6.07, 6.45) is -0.125. The summed E-state index contributed by atoms with van der Waals surface area (Å²) in [4.78, 5) is 23.6. The van der Waals surface area contributed by atoms with E-state index in [4.69, 9.17) is 16.2 Å². The Morgan fingerprint density at radius 3 is 2.90 bits per heavy atom. The van der Waals surface area contributed by atoms with Crippen LogP contribution in [0.15, 0.2) is 18.2 Å². The number of amides is 1. The van der Waals surface area contributed by atoms with Gasteiger partial charge in [-0.1, -0.05) is 0 Å². The maximum Gasteiger partial charge on any atom is 0.270 e. The fraction of sp³-hybridized carbons (Fsp3) is 0.417. The maximum absolute atomic E-state index is 11.5. The molecule has 1 aromatic carbocycles. The topological polar surface area (TPSA) is 125 Å². The molecule has 8 heteroatoms. The molecule has 1 aromatic rings. The maximum atomic E-state index is 11.5. The minimum atomic E-state index is -0.695. The average molecular weight is 280 g/mol. The lowest BCUT2D eigenvalue weighted by Crippen LogP contribution is -2.46. The monoisotopic (exact) mass is 280 g/mol. The van der Waals surface area contributed by atoms with Gasteiger partial charge in [0.05, 0.1) is 28.9 Å². The van der Waals surface area contributed by atoms with E-state index in [2.05, 4.69) is 0 Å². The minimum Gasteiger partial charge on any atom is -0.373 e. The highest BCUT2D eigenvalue weighted by atomic mass is 16.6. The van der Waals surface area contributed by atoms with Crippen LogP contribution in [-0.4, -0.2) is 43.2 Å². The number of rotatable bonds is 4. The summed E-state index contributed by atoms with van der Waals surface area (Å²) in [7, 11) is 0. The Morgan fingerprint density at radius 2 is 2.30 bits per heavy atom. The number of hydrogen-bond donors (Lipinski definition) is 2. The Bertz CT molecular complexity index is 534. The van der Waals surface area contributed by atoms with Gasteiger partial charge in [0.15, 0.2) is 0 Å². The lowest BCUT2D eigenvalue weighted by molar-refractivity contribution is -0.384. The summed E-state index contributed by atoms with van der Waals surface area (Å²) < 4.78 is 5.45. The predicted octanol–water partition coefficient (Wildman–Crippen LogP) is -0.142. The molecular weight excluding hydrogens is 264 g/mol. The summed E-state index contributed by atoms with van der Waals surface area (Å²) in [6.45, 7) is 1.95. The van der Waals surface area contributed by atoms with E-state index < -0.39 is 10.8 Å². The van der Waals surface area contributed by atoms with Gasteiger partial charge < -0.3 is 21.1 Å². The van der Waals surface area contributed by atoms with Gasteiger partial charge in [0.2, 0.25) is 0 Å². The van der Waals surface area contributed by atoms with Crippen molar-refractivity contribution < 1.29 is 14.5 Å². The summed E-state index contributed by atoms with van der Waals surface area (Å²) >= 11 is 0. The molecule has 0 aromatic heterocycles. The molecule has 1 aliphatic heterocycles. The van der Waals surface area contributed by atoms with Crippen LogP contribution in [0, 0.1) is 10.1 Å². The van der Waals surface area contributed by atoms with Crippen LogP contribution >= 0.6 is 0 Å². The highest BCUT2D eigenvalue weighted by Gasteiger charge is 2.24. The van der Waals surface area contributed by atoms with Crippen LogP contribution < -0.4 is 16.4 Å². The molecule has 1 aliphatic rings. The van der Waals surface area contributed by atoms with Crippen molar-refractivity contribution in [2.45, 2.75) is 6.10 Å². The van der Waals surface area contributed by atoms with Crippen LogP contribution in [-0.2, 0) is 4.74 Å². The van der Waals surface area contributed by atoms with Crippen molar-refractivity contribution in [1.29, 1.82) is 0 Å². The van der Waals surface area contributed by atoms with E-state index in [0.29, 0.717) is 31.9 Å². The molecule has 1 atom stereocenters. The van der Waals surface area contributed by atoms with Crippen molar-refractivity contribution >= 4 is 17.3 Å². The second-order valence-corrected chi connectivity index (χ2v) is 4.50. The van der Waals surface area contributed by atoms with Crippen molar-refractivity contribution in [3.05, 3.63) is 33.9 Å². The number of nitro groups is 1. The SMILES string of the molecule is NCC1CN(c2ccc([N+](=O)[O-])cc2C(N)=O)CCO1. The number of benzene rings is 1. The zero-order valence-corrected chi connectivity index (χ0v) is 10.8. The number of carbonyl (C=O) groups excluding carboxylic acids is 1. The molecule has 1 saturated heterocycles. The van der Waals surface area contributed by atoms with Gasteiger partial charge >= 0.3 is 0 Å². The number of carbonyl (C=O) groups is 1. The fourth-order valence-corrected chi connectivity index (χ4v) is 2.19. The van der Waals surface area contributed by atoms with E-state index in [1.807, 2.05) is 4.90 Å². The van der Waals surface area contributed by atoms with Crippen LogP contribution in [0.25, 0.3) is 0 Å². The molecule has 1 unspecified atom stereocenters. The molecule has 108 valence electrons. The predicted molar refractivity (Wildman–Crippen MR) is 72.6 cm³/mol. The van der Waals surface area contributed by atoms with Crippen molar-refractivity contribution in [1.82, 2.24) is 0 Å². The van der Waals surface area contributed by atoms with Crippen molar-refractivity contribution in [2.75, 3.05) is 31.1 Å². The normalized spacial score (nSPS) is 18.9. The molecule has 1 fully saturated rings. The molecule has 0 bridgehead atoms. The quantitative estimate of drug-likeness (QED) is 0.584. The molecular formula is C12H16N4O4. The summed E-state index contributed by atoms with van der Waals surface area (Å²) in [5, 5.41) is 10.8. The number of morpholine rings is 1. The first-order valence-corrected chi connectivity index (χ1v) is 6.17. The van der Waals surface area contributed by atoms with Gasteiger partial charge in [-0.25, -0.2) is 0 Å². The minimum absolute atomic E-state index is 0.125. The summed E-state index contributed by atoms with van der Waals surface area (Å²) in [5.74, 6) is -0.695. The first-order chi connectivity index (χ1) is 9.52. The zero-order chi connectivity index (χ0) is 14.7. The standard InChI is InChI=1S/C12H16N4O4/c13-6-9-7-15(3-4-20-9)11-2-1-8(16(18)19)5-10(11)12(14)17/h1-2,5,9H,3-4,6-7,13H2,(H2,14,17). The second kappa shape index (κ2) is 5.85. The molecule has 20 heavy (non-hydrogen) atoms. The van der Waals surface area contributed by atoms with Crippen LogP contribution in [0.4, 0.5) is 11.4 Å². The largest absolute Gasteiger partial charge is 0.373 e. The van der Waals surface area contributed by atoms with E-state index in [-0.39, 0.29) is 17.4 Å². The fourth-order valence-electron chi connectivity index (χ4n) is 2.19. The number of hydrogen-bond acceptors (Lipinski definition) is 6. The van der Waals surface area contributed by atoms with Crippen LogP contribution in [0.1, 0.15) is 10.4 Å². The van der Waals surface area contributed by atoms with E-state index in [1.165, 1.54) is 18.2 Å². The van der Waals surface area contributed by atoms with Gasteiger partial charge in [-0.3, -0.25) is 14.9 Å². The highest BCUT2D eigenvalue weighted by molar-refractivity contribution is 5.99. The lowest BCUT2D eigenvalue weighted by atomic mass is 10.1. The van der Waals surface area contributed by atoms with E-state index in [9.17, 15) is 14.9 Å². The number of non-ortho nitro benzene ring substituents is 1. The van der Waals surface area contributed by atoms with Gasteiger partial charge in [0.25, 0.3) is 11.6 Å². The molecule has 0 spiro atoms. The first kappa shape index (κ1) is 14.2. The summed E-state index contributed by atoms with van der Waals surface area (Å²) in [6, 6.07) is 4.09. The number of primary amides is 1. The van der Waals surface area contributed by atoms with Crippen LogP contribution in [0.3, 0.4) is 0 Å². The molecule has 0 aliphatic carbocycles. The van der Waals surface area contributed by atoms with Crippen LogP contribution in [0.2, 0.25) is 0 Å². The van der Waals surface area contributed by atoms with Gasteiger partial charge in [-0.2, -0.15) is 0 Å².